The first-order chi connectivity index (χ1) is 13.4. The summed E-state index contributed by atoms with van der Waals surface area (Å²) in [5.41, 5.74) is 3.15. The van der Waals surface area contributed by atoms with E-state index >= 15 is 0 Å². The average molecular weight is 376 g/mol. The highest BCUT2D eigenvalue weighted by Gasteiger charge is 2.20. The number of hydrogen-bond donors (Lipinski definition) is 1. The van der Waals surface area contributed by atoms with Crippen LogP contribution < -0.4 is 5.56 Å². The van der Waals surface area contributed by atoms with Gasteiger partial charge in [0.25, 0.3) is 5.56 Å². The lowest BCUT2D eigenvalue weighted by atomic mass is 10.0. The summed E-state index contributed by atoms with van der Waals surface area (Å²) in [6.07, 6.45) is 0. The standard InChI is InChI=1S/C21H14F2N4O/c1-11-19(14-5-3-13(10-24)4-6-14)25-20-18(12(2)26-27(20)21(11)28)16-8-7-15(22)9-17(16)23/h3-9,25H,1-2H3. The van der Waals surface area contributed by atoms with Gasteiger partial charge >= 0.3 is 0 Å². The Morgan fingerprint density at radius 2 is 1.82 bits per heavy atom. The molecule has 0 aliphatic carbocycles. The number of rotatable bonds is 2. The Labute approximate surface area is 158 Å². The van der Waals surface area contributed by atoms with E-state index in [9.17, 15) is 13.6 Å². The lowest BCUT2D eigenvalue weighted by Gasteiger charge is -2.09. The van der Waals surface area contributed by atoms with Crippen LogP contribution in [0, 0.1) is 36.8 Å². The number of benzene rings is 2. The van der Waals surface area contributed by atoms with Gasteiger partial charge in [-0.05, 0) is 43.7 Å². The smallest absolute Gasteiger partial charge is 0.277 e. The fraction of sp³-hybridized carbons (Fsp3) is 0.0952. The highest BCUT2D eigenvalue weighted by Crippen LogP contribution is 2.31. The van der Waals surface area contributed by atoms with Gasteiger partial charge in [-0.15, -0.1) is 0 Å². The fourth-order valence-electron chi connectivity index (χ4n) is 3.28. The summed E-state index contributed by atoms with van der Waals surface area (Å²) < 4.78 is 28.9. The SMILES string of the molecule is Cc1nn2c(=O)c(C)c(-c3ccc(C#N)cc3)[nH]c2c1-c1ccc(F)cc1F. The van der Waals surface area contributed by atoms with E-state index in [1.807, 2.05) is 6.07 Å². The number of aryl methyl sites for hydroxylation is 1. The molecule has 1 N–H and O–H groups in total. The second kappa shape index (κ2) is 6.43. The van der Waals surface area contributed by atoms with Crippen molar-refractivity contribution in [2.75, 3.05) is 0 Å². The zero-order valence-corrected chi connectivity index (χ0v) is 15.0. The topological polar surface area (TPSA) is 74.0 Å². The molecular formula is C21H14F2N4O. The lowest BCUT2D eigenvalue weighted by molar-refractivity contribution is 0.585. The monoisotopic (exact) mass is 376 g/mol. The largest absolute Gasteiger partial charge is 0.339 e. The molecule has 7 heteroatoms. The predicted molar refractivity (Wildman–Crippen MR) is 101 cm³/mol. The van der Waals surface area contributed by atoms with E-state index in [2.05, 4.69) is 10.1 Å². The zero-order valence-electron chi connectivity index (χ0n) is 15.0. The van der Waals surface area contributed by atoms with Crippen LogP contribution in [0.4, 0.5) is 8.78 Å². The Morgan fingerprint density at radius 3 is 2.46 bits per heavy atom. The van der Waals surface area contributed by atoms with Gasteiger partial charge in [0, 0.05) is 17.2 Å². The molecule has 2 aromatic heterocycles. The molecule has 0 aliphatic heterocycles. The van der Waals surface area contributed by atoms with Crippen molar-refractivity contribution in [3.05, 3.63) is 81.3 Å². The van der Waals surface area contributed by atoms with Crippen LogP contribution in [-0.2, 0) is 0 Å². The van der Waals surface area contributed by atoms with Crippen molar-refractivity contribution >= 4 is 5.65 Å². The first-order valence-corrected chi connectivity index (χ1v) is 8.49. The second-order valence-corrected chi connectivity index (χ2v) is 6.46. The number of nitrogens with zero attached hydrogens (tertiary/aromatic N) is 3. The fourth-order valence-corrected chi connectivity index (χ4v) is 3.28. The maximum atomic E-state index is 14.4. The molecule has 0 aliphatic rings. The summed E-state index contributed by atoms with van der Waals surface area (Å²) in [6, 6.07) is 12.1. The molecule has 4 rings (SSSR count). The molecule has 0 fully saturated rings. The molecule has 0 spiro atoms. The number of halogens is 2. The highest BCUT2D eigenvalue weighted by molar-refractivity contribution is 5.82. The van der Waals surface area contributed by atoms with Gasteiger partial charge in [-0.2, -0.15) is 14.9 Å². The molecule has 28 heavy (non-hydrogen) atoms. The molecule has 0 bridgehead atoms. The van der Waals surface area contributed by atoms with Crippen LogP contribution in [0.1, 0.15) is 16.8 Å². The minimum Gasteiger partial charge on any atom is -0.339 e. The minimum atomic E-state index is -0.737. The quantitative estimate of drug-likeness (QED) is 0.572. The molecule has 0 saturated carbocycles. The summed E-state index contributed by atoms with van der Waals surface area (Å²) in [6.45, 7) is 3.33. The van der Waals surface area contributed by atoms with E-state index in [1.54, 1.807) is 38.1 Å². The summed E-state index contributed by atoms with van der Waals surface area (Å²) in [5.74, 6) is -1.42. The van der Waals surface area contributed by atoms with Crippen LogP contribution in [0.25, 0.3) is 28.0 Å². The Kier molecular flexibility index (Phi) is 4.04. The van der Waals surface area contributed by atoms with E-state index in [1.165, 1.54) is 10.6 Å². The Balaban J connectivity index is 2.03. The van der Waals surface area contributed by atoms with E-state index in [0.29, 0.717) is 39.3 Å². The number of H-pyrrole nitrogens is 1. The van der Waals surface area contributed by atoms with Gasteiger partial charge in [-0.3, -0.25) is 4.79 Å². The van der Waals surface area contributed by atoms with Crippen LogP contribution >= 0.6 is 0 Å². The van der Waals surface area contributed by atoms with E-state index < -0.39 is 11.6 Å². The first-order valence-electron chi connectivity index (χ1n) is 8.49. The van der Waals surface area contributed by atoms with E-state index in [-0.39, 0.29) is 11.1 Å². The molecule has 4 aromatic rings. The third-order valence-electron chi connectivity index (χ3n) is 4.70. The van der Waals surface area contributed by atoms with Crippen LogP contribution in [0.5, 0.6) is 0 Å². The number of nitriles is 1. The van der Waals surface area contributed by atoms with Gasteiger partial charge in [-0.25, -0.2) is 8.78 Å². The molecule has 0 atom stereocenters. The first kappa shape index (κ1) is 17.6. The number of hydrogen-bond acceptors (Lipinski definition) is 3. The van der Waals surface area contributed by atoms with Crippen molar-refractivity contribution < 1.29 is 8.78 Å². The summed E-state index contributed by atoms with van der Waals surface area (Å²) in [5, 5.41) is 13.2. The molecular weight excluding hydrogens is 362 g/mol. The third-order valence-corrected chi connectivity index (χ3v) is 4.70. The Morgan fingerprint density at radius 1 is 1.11 bits per heavy atom. The van der Waals surface area contributed by atoms with Gasteiger partial charge in [0.1, 0.15) is 17.3 Å². The predicted octanol–water partition coefficient (Wildman–Crippen LogP) is 4.12. The van der Waals surface area contributed by atoms with Crippen molar-refractivity contribution in [1.82, 2.24) is 14.6 Å². The van der Waals surface area contributed by atoms with Crippen LogP contribution in [0.3, 0.4) is 0 Å². The molecule has 138 valence electrons. The number of nitrogens with one attached hydrogen (secondary N) is 1. The Bertz CT molecular complexity index is 1330. The van der Waals surface area contributed by atoms with E-state index in [0.717, 1.165) is 12.1 Å². The summed E-state index contributed by atoms with van der Waals surface area (Å²) in [4.78, 5) is 16.0. The van der Waals surface area contributed by atoms with Crippen molar-refractivity contribution in [2.24, 2.45) is 0 Å². The van der Waals surface area contributed by atoms with Crippen molar-refractivity contribution in [1.29, 1.82) is 5.26 Å². The summed E-state index contributed by atoms with van der Waals surface area (Å²) >= 11 is 0. The summed E-state index contributed by atoms with van der Waals surface area (Å²) in [7, 11) is 0. The molecule has 0 radical (unpaired) electrons. The van der Waals surface area contributed by atoms with E-state index in [4.69, 9.17) is 5.26 Å². The number of aromatic amines is 1. The molecule has 2 heterocycles. The maximum Gasteiger partial charge on any atom is 0.277 e. The lowest BCUT2D eigenvalue weighted by Crippen LogP contribution is -2.19. The third kappa shape index (κ3) is 2.67. The minimum absolute atomic E-state index is 0.152. The molecule has 2 aromatic carbocycles. The number of aromatic nitrogens is 3. The van der Waals surface area contributed by atoms with Crippen molar-refractivity contribution in [3.8, 4) is 28.5 Å². The Hall–Kier alpha value is -3.79. The molecule has 0 saturated heterocycles. The van der Waals surface area contributed by atoms with Gasteiger partial charge in [0.2, 0.25) is 0 Å². The molecule has 0 amide bonds. The highest BCUT2D eigenvalue weighted by atomic mass is 19.1. The van der Waals surface area contributed by atoms with Crippen LogP contribution in [0.2, 0.25) is 0 Å². The molecule has 0 unspecified atom stereocenters. The normalized spacial score (nSPS) is 11.0. The van der Waals surface area contributed by atoms with Crippen molar-refractivity contribution in [2.45, 2.75) is 13.8 Å². The maximum absolute atomic E-state index is 14.4. The van der Waals surface area contributed by atoms with Gasteiger partial charge < -0.3 is 4.98 Å². The average Bonchev–Trinajstić information content (AvgIpc) is 3.01. The molecule has 5 nitrogen and oxygen atoms in total. The van der Waals surface area contributed by atoms with Crippen molar-refractivity contribution in [3.63, 3.8) is 0 Å². The zero-order chi connectivity index (χ0) is 20.0. The van der Waals surface area contributed by atoms with Crippen LogP contribution in [0.15, 0.2) is 47.3 Å². The van der Waals surface area contributed by atoms with Crippen LogP contribution in [-0.4, -0.2) is 14.6 Å². The van der Waals surface area contributed by atoms with Gasteiger partial charge in [0.15, 0.2) is 0 Å². The van der Waals surface area contributed by atoms with Gasteiger partial charge in [0.05, 0.1) is 28.6 Å². The van der Waals surface area contributed by atoms with Gasteiger partial charge in [-0.1, -0.05) is 12.1 Å². The number of fused-ring (bicyclic) bond motifs is 1. The second-order valence-electron chi connectivity index (χ2n) is 6.46.